The highest BCUT2D eigenvalue weighted by Gasteiger charge is 2.16. The Morgan fingerprint density at radius 1 is 1.25 bits per heavy atom. The van der Waals surface area contributed by atoms with Crippen molar-refractivity contribution in [1.29, 1.82) is 0 Å². The van der Waals surface area contributed by atoms with Gasteiger partial charge >= 0.3 is 5.97 Å². The summed E-state index contributed by atoms with van der Waals surface area (Å²) in [5.74, 6) is 0.216. The Morgan fingerprint density at radius 2 is 2.00 bits per heavy atom. The quantitative estimate of drug-likeness (QED) is 0.491. The molecule has 1 aromatic carbocycles. The number of Topliss-reactive ketones (excluding diaryl/α,β-unsaturated/α-hetero) is 1. The van der Waals surface area contributed by atoms with Gasteiger partial charge in [-0.1, -0.05) is 25.8 Å². The van der Waals surface area contributed by atoms with Gasteiger partial charge in [-0.05, 0) is 37.0 Å². The molecule has 0 aromatic heterocycles. The van der Waals surface area contributed by atoms with Gasteiger partial charge in [0.15, 0.2) is 11.5 Å². The van der Waals surface area contributed by atoms with Crippen molar-refractivity contribution in [2.45, 2.75) is 64.9 Å². The standard InChI is InChI=1S/C19H28O5/c1-4-5-6-7-17(24-14(2)20)13-16(21)10-8-15-9-11-18(22)19(12-15)23-3/h9,11-12,17,22H,4-8,10,13H2,1-3H3/t17-/m0/s1. The van der Waals surface area contributed by atoms with Gasteiger partial charge in [0.05, 0.1) is 7.11 Å². The van der Waals surface area contributed by atoms with E-state index in [4.69, 9.17) is 9.47 Å². The summed E-state index contributed by atoms with van der Waals surface area (Å²) in [7, 11) is 1.49. The number of ether oxygens (including phenoxy) is 2. The first-order valence-corrected chi connectivity index (χ1v) is 8.51. The number of aryl methyl sites for hydroxylation is 1. The minimum Gasteiger partial charge on any atom is -0.504 e. The van der Waals surface area contributed by atoms with E-state index < -0.39 is 0 Å². The van der Waals surface area contributed by atoms with Crippen LogP contribution in [0.5, 0.6) is 11.5 Å². The lowest BCUT2D eigenvalue weighted by atomic mass is 10.0. The molecule has 0 aliphatic rings. The molecule has 0 spiro atoms. The van der Waals surface area contributed by atoms with Crippen LogP contribution in [0, 0.1) is 0 Å². The van der Waals surface area contributed by atoms with Gasteiger partial charge in [-0.3, -0.25) is 9.59 Å². The summed E-state index contributed by atoms with van der Waals surface area (Å²) in [6, 6.07) is 5.06. The number of esters is 1. The van der Waals surface area contributed by atoms with E-state index in [0.717, 1.165) is 31.2 Å². The van der Waals surface area contributed by atoms with E-state index in [1.165, 1.54) is 14.0 Å². The molecule has 1 N–H and O–H groups in total. The SMILES string of the molecule is CCCCC[C@@H](CC(=O)CCc1ccc(O)c(OC)c1)OC(C)=O. The van der Waals surface area contributed by atoms with Gasteiger partial charge in [-0.2, -0.15) is 0 Å². The molecule has 0 amide bonds. The third-order valence-corrected chi connectivity index (χ3v) is 3.85. The maximum atomic E-state index is 12.2. The number of rotatable bonds is 11. The second kappa shape index (κ2) is 10.7. The fraction of sp³-hybridized carbons (Fsp3) is 0.579. The second-order valence-electron chi connectivity index (χ2n) is 5.98. The fourth-order valence-electron chi connectivity index (χ4n) is 2.58. The van der Waals surface area contributed by atoms with Gasteiger partial charge in [0.25, 0.3) is 0 Å². The first-order chi connectivity index (χ1) is 11.5. The van der Waals surface area contributed by atoms with Gasteiger partial charge in [-0.15, -0.1) is 0 Å². The first-order valence-electron chi connectivity index (χ1n) is 8.51. The summed E-state index contributed by atoms with van der Waals surface area (Å²) in [6.45, 7) is 3.48. The Kier molecular flexibility index (Phi) is 8.90. The smallest absolute Gasteiger partial charge is 0.302 e. The molecule has 0 fully saturated rings. The number of hydrogen-bond acceptors (Lipinski definition) is 5. The summed E-state index contributed by atoms with van der Waals surface area (Å²) in [5, 5.41) is 9.58. The lowest BCUT2D eigenvalue weighted by Crippen LogP contribution is -2.20. The molecule has 0 heterocycles. The number of hydrogen-bond donors (Lipinski definition) is 1. The van der Waals surface area contributed by atoms with E-state index in [1.807, 2.05) is 0 Å². The van der Waals surface area contributed by atoms with E-state index in [0.29, 0.717) is 18.6 Å². The molecule has 0 bridgehead atoms. The minimum absolute atomic E-state index is 0.0739. The number of ketones is 1. The molecule has 134 valence electrons. The summed E-state index contributed by atoms with van der Waals surface area (Å²) in [5.41, 5.74) is 0.924. The number of phenolic OH excluding ortho intramolecular Hbond substituents is 1. The predicted molar refractivity (Wildman–Crippen MR) is 92.3 cm³/mol. The van der Waals surface area contributed by atoms with E-state index in [9.17, 15) is 14.7 Å². The molecule has 5 nitrogen and oxygen atoms in total. The number of carbonyl (C=O) groups excluding carboxylic acids is 2. The van der Waals surface area contributed by atoms with Crippen LogP contribution in [0.2, 0.25) is 0 Å². The zero-order valence-electron chi connectivity index (χ0n) is 14.8. The van der Waals surface area contributed by atoms with Crippen LogP contribution in [0.1, 0.15) is 57.9 Å². The van der Waals surface area contributed by atoms with Crippen LogP contribution in [-0.2, 0) is 20.7 Å². The highest BCUT2D eigenvalue weighted by molar-refractivity contribution is 5.79. The van der Waals surface area contributed by atoms with Gasteiger partial charge < -0.3 is 14.6 Å². The largest absolute Gasteiger partial charge is 0.504 e. The van der Waals surface area contributed by atoms with E-state index in [1.54, 1.807) is 18.2 Å². The van der Waals surface area contributed by atoms with Crippen LogP contribution in [-0.4, -0.2) is 30.1 Å². The number of unbranched alkanes of at least 4 members (excludes halogenated alkanes) is 2. The summed E-state index contributed by atoms with van der Waals surface area (Å²) >= 11 is 0. The molecule has 1 aromatic rings. The van der Waals surface area contributed by atoms with Gasteiger partial charge in [0, 0.05) is 19.8 Å². The normalized spacial score (nSPS) is 11.8. The number of benzene rings is 1. The molecule has 0 saturated heterocycles. The molecule has 0 aliphatic carbocycles. The van der Waals surface area contributed by atoms with Crippen molar-refractivity contribution in [3.05, 3.63) is 23.8 Å². The third kappa shape index (κ3) is 7.49. The summed E-state index contributed by atoms with van der Waals surface area (Å²) in [4.78, 5) is 23.4. The third-order valence-electron chi connectivity index (χ3n) is 3.85. The van der Waals surface area contributed by atoms with Crippen molar-refractivity contribution in [3.8, 4) is 11.5 Å². The molecule has 0 radical (unpaired) electrons. The molecule has 0 aliphatic heterocycles. The van der Waals surface area contributed by atoms with Gasteiger partial charge in [0.2, 0.25) is 0 Å². The number of phenols is 1. The molecule has 0 saturated carbocycles. The van der Waals surface area contributed by atoms with Crippen molar-refractivity contribution < 1.29 is 24.2 Å². The minimum atomic E-state index is -0.340. The van der Waals surface area contributed by atoms with Crippen LogP contribution in [0.3, 0.4) is 0 Å². The Bertz CT molecular complexity index is 539. The van der Waals surface area contributed by atoms with Gasteiger partial charge in [0.1, 0.15) is 11.9 Å². The predicted octanol–water partition coefficient (Wildman–Crippen LogP) is 3.80. The maximum Gasteiger partial charge on any atom is 0.302 e. The molecule has 0 unspecified atom stereocenters. The first kappa shape index (κ1) is 20.0. The Morgan fingerprint density at radius 3 is 2.62 bits per heavy atom. The van der Waals surface area contributed by atoms with Crippen molar-refractivity contribution >= 4 is 11.8 Å². The zero-order valence-corrected chi connectivity index (χ0v) is 14.8. The van der Waals surface area contributed by atoms with Gasteiger partial charge in [-0.25, -0.2) is 0 Å². The topological polar surface area (TPSA) is 72.8 Å². The fourth-order valence-corrected chi connectivity index (χ4v) is 2.58. The zero-order chi connectivity index (χ0) is 17.9. The summed E-state index contributed by atoms with van der Waals surface area (Å²) < 4.78 is 10.3. The maximum absolute atomic E-state index is 12.2. The van der Waals surface area contributed by atoms with Crippen LogP contribution in [0.25, 0.3) is 0 Å². The second-order valence-corrected chi connectivity index (χ2v) is 5.98. The lowest BCUT2D eigenvalue weighted by molar-refractivity contribution is -0.148. The average Bonchev–Trinajstić information content (AvgIpc) is 2.53. The van der Waals surface area contributed by atoms with Crippen molar-refractivity contribution in [2.75, 3.05) is 7.11 Å². The van der Waals surface area contributed by atoms with Crippen LogP contribution < -0.4 is 4.74 Å². The number of methoxy groups -OCH3 is 1. The monoisotopic (exact) mass is 336 g/mol. The molecular formula is C19H28O5. The highest BCUT2D eigenvalue weighted by atomic mass is 16.5. The van der Waals surface area contributed by atoms with Crippen LogP contribution in [0.4, 0.5) is 0 Å². The molecule has 1 atom stereocenters. The Hall–Kier alpha value is -2.04. The van der Waals surface area contributed by atoms with E-state index in [-0.39, 0.29) is 30.0 Å². The molecular weight excluding hydrogens is 308 g/mol. The number of aromatic hydroxyl groups is 1. The molecule has 24 heavy (non-hydrogen) atoms. The molecule has 5 heteroatoms. The highest BCUT2D eigenvalue weighted by Crippen LogP contribution is 2.26. The number of carbonyl (C=O) groups is 2. The average molecular weight is 336 g/mol. The van der Waals surface area contributed by atoms with E-state index in [2.05, 4.69) is 6.92 Å². The van der Waals surface area contributed by atoms with Crippen molar-refractivity contribution in [2.24, 2.45) is 0 Å². The van der Waals surface area contributed by atoms with Crippen LogP contribution >= 0.6 is 0 Å². The summed E-state index contributed by atoms with van der Waals surface area (Å²) in [6.07, 6.45) is 4.72. The Balaban J connectivity index is 2.51. The van der Waals surface area contributed by atoms with Crippen LogP contribution in [0.15, 0.2) is 18.2 Å². The molecule has 1 rings (SSSR count). The Labute approximate surface area is 144 Å². The van der Waals surface area contributed by atoms with E-state index >= 15 is 0 Å². The van der Waals surface area contributed by atoms with Crippen molar-refractivity contribution in [1.82, 2.24) is 0 Å². The van der Waals surface area contributed by atoms with Crippen molar-refractivity contribution in [3.63, 3.8) is 0 Å². The lowest BCUT2D eigenvalue weighted by Gasteiger charge is -2.16.